The first-order valence-electron chi connectivity index (χ1n) is 6.57. The number of amides is 1. The van der Waals surface area contributed by atoms with Gasteiger partial charge in [-0.1, -0.05) is 18.2 Å². The Hall–Kier alpha value is -2.38. The van der Waals surface area contributed by atoms with Crippen LogP contribution in [0.1, 0.15) is 21.6 Å². The van der Waals surface area contributed by atoms with Gasteiger partial charge in [0.1, 0.15) is 0 Å². The van der Waals surface area contributed by atoms with Crippen molar-refractivity contribution in [3.8, 4) is 6.07 Å². The van der Waals surface area contributed by atoms with Crippen molar-refractivity contribution in [2.45, 2.75) is 13.5 Å². The zero-order valence-corrected chi connectivity index (χ0v) is 12.9. The monoisotopic (exact) mass is 296 g/mol. The van der Waals surface area contributed by atoms with E-state index in [1.54, 1.807) is 35.4 Å². The van der Waals surface area contributed by atoms with Gasteiger partial charge in [-0.15, -0.1) is 11.3 Å². The van der Waals surface area contributed by atoms with Crippen molar-refractivity contribution >= 4 is 23.3 Å². The minimum Gasteiger partial charge on any atom is -0.337 e. The van der Waals surface area contributed by atoms with Gasteiger partial charge in [-0.3, -0.25) is 4.79 Å². The molecule has 0 aliphatic carbocycles. The molecule has 1 heterocycles. The van der Waals surface area contributed by atoms with Gasteiger partial charge in [0.2, 0.25) is 5.91 Å². The van der Waals surface area contributed by atoms with Crippen LogP contribution in [-0.4, -0.2) is 17.9 Å². The van der Waals surface area contributed by atoms with Crippen molar-refractivity contribution in [1.29, 1.82) is 5.26 Å². The van der Waals surface area contributed by atoms with Crippen LogP contribution in [0.25, 0.3) is 6.08 Å². The van der Waals surface area contributed by atoms with Crippen molar-refractivity contribution in [2.24, 2.45) is 0 Å². The molecule has 0 saturated heterocycles. The summed E-state index contributed by atoms with van der Waals surface area (Å²) in [5.74, 6) is -0.0736. The second kappa shape index (κ2) is 6.87. The normalized spacial score (nSPS) is 10.5. The molecule has 0 saturated carbocycles. The molecule has 3 nitrogen and oxygen atoms in total. The van der Waals surface area contributed by atoms with Crippen molar-refractivity contribution in [1.82, 2.24) is 4.90 Å². The fraction of sp³-hybridized carbons (Fsp3) is 0.176. The van der Waals surface area contributed by atoms with E-state index in [2.05, 4.69) is 12.1 Å². The molecular weight excluding hydrogens is 280 g/mol. The number of nitrogens with zero attached hydrogens (tertiary/aromatic N) is 2. The van der Waals surface area contributed by atoms with E-state index in [-0.39, 0.29) is 5.91 Å². The van der Waals surface area contributed by atoms with Crippen LogP contribution < -0.4 is 0 Å². The summed E-state index contributed by atoms with van der Waals surface area (Å²) in [6, 6.07) is 11.4. The summed E-state index contributed by atoms with van der Waals surface area (Å²) >= 11 is 1.65. The van der Waals surface area contributed by atoms with Crippen LogP contribution in [0.15, 0.2) is 41.8 Å². The van der Waals surface area contributed by atoms with E-state index in [9.17, 15) is 4.79 Å². The maximum atomic E-state index is 12.1. The lowest BCUT2D eigenvalue weighted by atomic mass is 10.1. The van der Waals surface area contributed by atoms with Crippen LogP contribution in [0.5, 0.6) is 0 Å². The van der Waals surface area contributed by atoms with Crippen LogP contribution >= 0.6 is 11.3 Å². The standard InChI is InChI=1S/C17H16N2OS/c1-13-9-10-21-16(13)12-19(2)17(20)8-7-14-5-3-4-6-15(14)11-18/h3-10H,12H2,1-2H3/b8-7+. The molecule has 0 aliphatic heterocycles. The summed E-state index contributed by atoms with van der Waals surface area (Å²) in [6.07, 6.45) is 3.21. The number of benzene rings is 1. The topological polar surface area (TPSA) is 44.1 Å². The highest BCUT2D eigenvalue weighted by atomic mass is 32.1. The Morgan fingerprint density at radius 2 is 2.14 bits per heavy atom. The first-order valence-corrected chi connectivity index (χ1v) is 7.45. The SMILES string of the molecule is Cc1ccsc1CN(C)C(=O)/C=C/c1ccccc1C#N. The molecule has 0 N–H and O–H groups in total. The molecule has 4 heteroatoms. The molecule has 106 valence electrons. The number of rotatable bonds is 4. The van der Waals surface area contributed by atoms with Crippen molar-refractivity contribution < 1.29 is 4.79 Å². The quantitative estimate of drug-likeness (QED) is 0.809. The van der Waals surface area contributed by atoms with Crippen molar-refractivity contribution in [3.05, 3.63) is 63.4 Å². The van der Waals surface area contributed by atoms with Gasteiger partial charge in [0.15, 0.2) is 0 Å². The molecule has 0 radical (unpaired) electrons. The third-order valence-electron chi connectivity index (χ3n) is 3.21. The van der Waals surface area contributed by atoms with Crippen LogP contribution in [0.3, 0.4) is 0 Å². The number of carbonyl (C=O) groups excluding carboxylic acids is 1. The zero-order chi connectivity index (χ0) is 15.2. The summed E-state index contributed by atoms with van der Waals surface area (Å²) < 4.78 is 0. The molecular formula is C17H16N2OS. The highest BCUT2D eigenvalue weighted by molar-refractivity contribution is 7.10. The van der Waals surface area contributed by atoms with Gasteiger partial charge in [0, 0.05) is 18.0 Å². The molecule has 2 aromatic rings. The number of thiophene rings is 1. The van der Waals surface area contributed by atoms with Gasteiger partial charge < -0.3 is 4.90 Å². The van der Waals surface area contributed by atoms with E-state index in [1.807, 2.05) is 30.5 Å². The molecule has 0 aliphatic rings. The Kier molecular flexibility index (Phi) is 4.91. The van der Waals surface area contributed by atoms with Crippen LogP contribution in [0.2, 0.25) is 0 Å². The number of nitriles is 1. The minimum absolute atomic E-state index is 0.0736. The Morgan fingerprint density at radius 1 is 1.38 bits per heavy atom. The second-order valence-corrected chi connectivity index (χ2v) is 5.75. The highest BCUT2D eigenvalue weighted by Gasteiger charge is 2.08. The zero-order valence-electron chi connectivity index (χ0n) is 12.0. The molecule has 0 bridgehead atoms. The average Bonchev–Trinajstić information content (AvgIpc) is 2.90. The van der Waals surface area contributed by atoms with E-state index in [1.165, 1.54) is 16.5 Å². The fourth-order valence-corrected chi connectivity index (χ4v) is 2.85. The van der Waals surface area contributed by atoms with Crippen molar-refractivity contribution in [3.63, 3.8) is 0 Å². The van der Waals surface area contributed by atoms with E-state index in [0.717, 1.165) is 5.56 Å². The van der Waals surface area contributed by atoms with E-state index < -0.39 is 0 Å². The third-order valence-corrected chi connectivity index (χ3v) is 4.22. The summed E-state index contributed by atoms with van der Waals surface area (Å²) in [5, 5.41) is 11.0. The first-order chi connectivity index (χ1) is 10.1. The van der Waals surface area contributed by atoms with E-state index in [4.69, 9.17) is 5.26 Å². The number of hydrogen-bond donors (Lipinski definition) is 0. The number of hydrogen-bond acceptors (Lipinski definition) is 3. The lowest BCUT2D eigenvalue weighted by Gasteiger charge is -2.14. The summed E-state index contributed by atoms with van der Waals surface area (Å²) in [4.78, 5) is 15.0. The molecule has 2 rings (SSSR count). The molecule has 21 heavy (non-hydrogen) atoms. The van der Waals surface area contributed by atoms with Crippen LogP contribution in [-0.2, 0) is 11.3 Å². The van der Waals surface area contributed by atoms with Crippen molar-refractivity contribution in [2.75, 3.05) is 7.05 Å². The lowest BCUT2D eigenvalue weighted by Crippen LogP contribution is -2.23. The fourth-order valence-electron chi connectivity index (χ4n) is 1.89. The first kappa shape index (κ1) is 15.0. The molecule has 0 atom stereocenters. The predicted octanol–water partition coefficient (Wildman–Crippen LogP) is 3.60. The Morgan fingerprint density at radius 3 is 2.81 bits per heavy atom. The summed E-state index contributed by atoms with van der Waals surface area (Å²) in [6.45, 7) is 2.65. The third kappa shape index (κ3) is 3.80. The maximum Gasteiger partial charge on any atom is 0.246 e. The maximum absolute atomic E-state index is 12.1. The second-order valence-electron chi connectivity index (χ2n) is 4.75. The highest BCUT2D eigenvalue weighted by Crippen LogP contribution is 2.17. The number of aryl methyl sites for hydroxylation is 1. The Balaban J connectivity index is 2.05. The lowest BCUT2D eigenvalue weighted by molar-refractivity contribution is -0.125. The molecule has 1 aromatic carbocycles. The molecule has 0 fully saturated rings. The minimum atomic E-state index is -0.0736. The number of carbonyl (C=O) groups is 1. The Bertz CT molecular complexity index is 710. The van der Waals surface area contributed by atoms with Gasteiger partial charge in [0.05, 0.1) is 18.2 Å². The number of likely N-dealkylation sites (N-methyl/N-ethyl adjacent to an activating group) is 1. The molecule has 0 spiro atoms. The molecule has 1 amide bonds. The smallest absolute Gasteiger partial charge is 0.246 e. The largest absolute Gasteiger partial charge is 0.337 e. The van der Waals surface area contributed by atoms with Gasteiger partial charge in [-0.25, -0.2) is 0 Å². The van der Waals surface area contributed by atoms with Crippen LogP contribution in [0, 0.1) is 18.3 Å². The predicted molar refractivity (Wildman–Crippen MR) is 85.7 cm³/mol. The Labute approximate surface area is 128 Å². The van der Waals surface area contributed by atoms with Gasteiger partial charge in [-0.2, -0.15) is 5.26 Å². The van der Waals surface area contributed by atoms with Gasteiger partial charge in [-0.05, 0) is 41.6 Å². The van der Waals surface area contributed by atoms with Gasteiger partial charge >= 0.3 is 0 Å². The van der Waals surface area contributed by atoms with E-state index >= 15 is 0 Å². The summed E-state index contributed by atoms with van der Waals surface area (Å²) in [7, 11) is 1.78. The summed E-state index contributed by atoms with van der Waals surface area (Å²) in [5.41, 5.74) is 2.53. The van der Waals surface area contributed by atoms with Gasteiger partial charge in [0.25, 0.3) is 0 Å². The average molecular weight is 296 g/mol. The molecule has 0 unspecified atom stereocenters. The molecule has 1 aromatic heterocycles. The van der Waals surface area contributed by atoms with Crippen LogP contribution in [0.4, 0.5) is 0 Å². The van der Waals surface area contributed by atoms with E-state index in [0.29, 0.717) is 12.1 Å².